The molecule has 1 saturated heterocycles. The summed E-state index contributed by atoms with van der Waals surface area (Å²) in [5.74, 6) is 0.145. The molecule has 18 heavy (non-hydrogen) atoms. The summed E-state index contributed by atoms with van der Waals surface area (Å²) in [6, 6.07) is 5.42. The predicted molar refractivity (Wildman–Crippen MR) is 70.6 cm³/mol. The fraction of sp³-hybridized carbons (Fsp3) is 0.500. The number of nitrogens with zero attached hydrogens (tertiary/aromatic N) is 1. The highest BCUT2D eigenvalue weighted by Crippen LogP contribution is 2.22. The Morgan fingerprint density at radius 3 is 2.83 bits per heavy atom. The first-order chi connectivity index (χ1) is 8.49. The van der Waals surface area contributed by atoms with E-state index in [2.05, 4.69) is 0 Å². The summed E-state index contributed by atoms with van der Waals surface area (Å²) < 4.78 is 0. The van der Waals surface area contributed by atoms with Crippen molar-refractivity contribution in [1.82, 2.24) is 4.90 Å². The number of carbonyl (C=O) groups is 1. The van der Waals surface area contributed by atoms with Crippen molar-refractivity contribution in [3.63, 3.8) is 0 Å². The third-order valence-corrected chi connectivity index (χ3v) is 3.63. The lowest BCUT2D eigenvalue weighted by molar-refractivity contribution is 0.0618. The van der Waals surface area contributed by atoms with Crippen LogP contribution in [0.1, 0.15) is 35.7 Å². The first-order valence-corrected chi connectivity index (χ1v) is 6.35. The van der Waals surface area contributed by atoms with Crippen molar-refractivity contribution in [3.8, 4) is 5.75 Å². The lowest BCUT2D eigenvalue weighted by Gasteiger charge is -2.36. The molecule has 4 heteroatoms. The molecule has 1 heterocycles. The number of phenolic OH excluding ortho intramolecular Hbond substituents is 1. The number of likely N-dealkylation sites (tertiary alicyclic amines) is 1. The Hall–Kier alpha value is -1.55. The van der Waals surface area contributed by atoms with E-state index in [-0.39, 0.29) is 23.7 Å². The highest BCUT2D eigenvalue weighted by molar-refractivity contribution is 5.95. The van der Waals surface area contributed by atoms with Crippen LogP contribution in [0.15, 0.2) is 18.2 Å². The molecule has 0 aromatic heterocycles. The van der Waals surface area contributed by atoms with E-state index in [0.29, 0.717) is 12.1 Å². The minimum absolute atomic E-state index is 0.0234. The molecule has 2 rings (SSSR count). The number of hydrogen-bond acceptors (Lipinski definition) is 3. The predicted octanol–water partition coefficient (Wildman–Crippen LogP) is 1.65. The fourth-order valence-corrected chi connectivity index (χ4v) is 2.42. The molecule has 0 radical (unpaired) electrons. The van der Waals surface area contributed by atoms with E-state index < -0.39 is 0 Å². The Balaban J connectivity index is 2.18. The monoisotopic (exact) mass is 248 g/mol. The number of rotatable bonds is 1. The highest BCUT2D eigenvalue weighted by atomic mass is 16.3. The van der Waals surface area contributed by atoms with Gasteiger partial charge in [-0.3, -0.25) is 4.79 Å². The molecule has 1 aromatic rings. The van der Waals surface area contributed by atoms with E-state index in [9.17, 15) is 9.90 Å². The average molecular weight is 248 g/mol. The summed E-state index contributed by atoms with van der Waals surface area (Å²) in [4.78, 5) is 14.2. The maximum Gasteiger partial charge on any atom is 0.254 e. The quantitative estimate of drug-likeness (QED) is 0.794. The lowest BCUT2D eigenvalue weighted by atomic mass is 9.98. The Bertz CT molecular complexity index is 459. The molecule has 1 fully saturated rings. The summed E-state index contributed by atoms with van der Waals surface area (Å²) in [6.45, 7) is 4.52. The first kappa shape index (κ1) is 12.9. The van der Waals surface area contributed by atoms with Crippen LogP contribution in [0.2, 0.25) is 0 Å². The number of piperidine rings is 1. The van der Waals surface area contributed by atoms with Crippen molar-refractivity contribution in [1.29, 1.82) is 0 Å². The van der Waals surface area contributed by atoms with Gasteiger partial charge in [0.1, 0.15) is 5.75 Å². The Morgan fingerprint density at radius 2 is 2.22 bits per heavy atom. The zero-order chi connectivity index (χ0) is 13.3. The zero-order valence-electron chi connectivity index (χ0n) is 10.9. The van der Waals surface area contributed by atoms with Gasteiger partial charge in [0.25, 0.3) is 5.91 Å². The van der Waals surface area contributed by atoms with Gasteiger partial charge in [0.2, 0.25) is 0 Å². The number of nitrogens with two attached hydrogens (primary N) is 1. The fourth-order valence-electron chi connectivity index (χ4n) is 2.42. The third kappa shape index (κ3) is 2.48. The molecule has 0 spiro atoms. The number of aromatic hydroxyl groups is 1. The highest BCUT2D eigenvalue weighted by Gasteiger charge is 2.27. The van der Waals surface area contributed by atoms with Gasteiger partial charge in [-0.2, -0.15) is 0 Å². The number of hydrogen-bond donors (Lipinski definition) is 2. The van der Waals surface area contributed by atoms with E-state index in [4.69, 9.17) is 5.73 Å². The van der Waals surface area contributed by atoms with Crippen LogP contribution in [0.3, 0.4) is 0 Å². The molecule has 2 atom stereocenters. The molecule has 1 aliphatic heterocycles. The molecule has 1 aromatic carbocycles. The topological polar surface area (TPSA) is 66.6 Å². The zero-order valence-corrected chi connectivity index (χ0v) is 10.9. The Morgan fingerprint density at radius 1 is 1.50 bits per heavy atom. The molecular weight excluding hydrogens is 228 g/mol. The molecular formula is C14H20N2O2. The van der Waals surface area contributed by atoms with Crippen LogP contribution in [0.4, 0.5) is 0 Å². The Labute approximate surface area is 107 Å². The van der Waals surface area contributed by atoms with Crippen molar-refractivity contribution >= 4 is 5.91 Å². The van der Waals surface area contributed by atoms with Crippen LogP contribution in [0.25, 0.3) is 0 Å². The van der Waals surface area contributed by atoms with E-state index in [1.54, 1.807) is 18.2 Å². The maximum absolute atomic E-state index is 12.4. The Kier molecular flexibility index (Phi) is 3.57. The van der Waals surface area contributed by atoms with Gasteiger partial charge in [0, 0.05) is 24.2 Å². The van der Waals surface area contributed by atoms with Gasteiger partial charge in [0.05, 0.1) is 0 Å². The van der Waals surface area contributed by atoms with Crippen molar-refractivity contribution in [2.45, 2.75) is 38.8 Å². The number of phenols is 1. The summed E-state index contributed by atoms with van der Waals surface area (Å²) in [6.07, 6.45) is 1.68. The van der Waals surface area contributed by atoms with Crippen molar-refractivity contribution in [2.75, 3.05) is 6.54 Å². The second-order valence-electron chi connectivity index (χ2n) is 5.13. The van der Waals surface area contributed by atoms with Crippen LogP contribution in [-0.4, -0.2) is 34.5 Å². The average Bonchev–Trinajstić information content (AvgIpc) is 2.32. The molecule has 0 aliphatic carbocycles. The van der Waals surface area contributed by atoms with Gasteiger partial charge in [-0.05, 0) is 44.4 Å². The van der Waals surface area contributed by atoms with E-state index in [1.807, 2.05) is 18.7 Å². The number of carbonyl (C=O) groups excluding carboxylic acids is 1. The lowest BCUT2D eigenvalue weighted by Crippen LogP contribution is -2.48. The second-order valence-corrected chi connectivity index (χ2v) is 5.13. The molecule has 98 valence electrons. The van der Waals surface area contributed by atoms with E-state index in [0.717, 1.165) is 18.4 Å². The van der Waals surface area contributed by atoms with Crippen LogP contribution >= 0.6 is 0 Å². The van der Waals surface area contributed by atoms with E-state index in [1.165, 1.54) is 0 Å². The molecule has 1 aliphatic rings. The summed E-state index contributed by atoms with van der Waals surface area (Å²) in [5, 5.41) is 9.66. The van der Waals surface area contributed by atoms with Crippen LogP contribution < -0.4 is 5.73 Å². The smallest absolute Gasteiger partial charge is 0.254 e. The summed E-state index contributed by atoms with van der Waals surface area (Å²) in [7, 11) is 0. The summed E-state index contributed by atoms with van der Waals surface area (Å²) >= 11 is 0. The SMILES string of the molecule is Cc1ccc(C(=O)N2CCC(N)CC2C)cc1O. The number of amides is 1. The van der Waals surface area contributed by atoms with Crippen molar-refractivity contribution in [3.05, 3.63) is 29.3 Å². The van der Waals surface area contributed by atoms with Crippen LogP contribution in [0, 0.1) is 6.92 Å². The molecule has 1 amide bonds. The second kappa shape index (κ2) is 4.98. The molecule has 0 saturated carbocycles. The van der Waals surface area contributed by atoms with Gasteiger partial charge in [-0.1, -0.05) is 6.07 Å². The standard InChI is InChI=1S/C14H20N2O2/c1-9-3-4-11(8-13(9)17)14(18)16-6-5-12(15)7-10(16)2/h3-4,8,10,12,17H,5-7,15H2,1-2H3. The molecule has 3 N–H and O–H groups in total. The molecule has 0 bridgehead atoms. The maximum atomic E-state index is 12.4. The van der Waals surface area contributed by atoms with Gasteiger partial charge < -0.3 is 15.7 Å². The number of benzene rings is 1. The number of aryl methyl sites for hydroxylation is 1. The first-order valence-electron chi connectivity index (χ1n) is 6.35. The molecule has 4 nitrogen and oxygen atoms in total. The van der Waals surface area contributed by atoms with Crippen molar-refractivity contribution in [2.24, 2.45) is 5.73 Å². The van der Waals surface area contributed by atoms with Crippen molar-refractivity contribution < 1.29 is 9.90 Å². The van der Waals surface area contributed by atoms with Gasteiger partial charge in [0.15, 0.2) is 0 Å². The van der Waals surface area contributed by atoms with Crippen LogP contribution in [0.5, 0.6) is 5.75 Å². The van der Waals surface area contributed by atoms with Crippen LogP contribution in [-0.2, 0) is 0 Å². The molecule has 2 unspecified atom stereocenters. The third-order valence-electron chi connectivity index (χ3n) is 3.63. The minimum Gasteiger partial charge on any atom is -0.508 e. The van der Waals surface area contributed by atoms with E-state index >= 15 is 0 Å². The largest absolute Gasteiger partial charge is 0.508 e. The van der Waals surface area contributed by atoms with Gasteiger partial charge >= 0.3 is 0 Å². The normalized spacial score (nSPS) is 24.1. The minimum atomic E-state index is -0.0234. The van der Waals surface area contributed by atoms with Gasteiger partial charge in [-0.25, -0.2) is 0 Å². The summed E-state index contributed by atoms with van der Waals surface area (Å²) in [5.41, 5.74) is 7.21. The van der Waals surface area contributed by atoms with Gasteiger partial charge in [-0.15, -0.1) is 0 Å².